The standard InChI is InChI=1S/C26H34N2O2/c1-21(29)24-20-28(25-12-6-5-11-23(24)25)16-8-7-15-27-17-13-26(30,14-18-27)19-22-9-3-2-4-10-22/h3,5-6,9-12,20,30H,2,4,7-8,13-19H2,1H3. The minimum Gasteiger partial charge on any atom is -0.389 e. The van der Waals surface area contributed by atoms with Crippen LogP contribution in [0.4, 0.5) is 0 Å². The van der Waals surface area contributed by atoms with Crippen molar-refractivity contribution in [1.82, 2.24) is 9.47 Å². The second kappa shape index (κ2) is 9.32. The summed E-state index contributed by atoms with van der Waals surface area (Å²) in [5.74, 6) is 0.130. The van der Waals surface area contributed by atoms with Crippen LogP contribution in [0.3, 0.4) is 0 Å². The van der Waals surface area contributed by atoms with Gasteiger partial charge in [-0.3, -0.25) is 4.79 Å². The predicted molar refractivity (Wildman–Crippen MR) is 123 cm³/mol. The number of ketones is 1. The van der Waals surface area contributed by atoms with Crippen molar-refractivity contribution < 1.29 is 9.90 Å². The first-order valence-corrected chi connectivity index (χ1v) is 11.4. The number of aromatic nitrogens is 1. The Bertz CT molecular complexity index is 945. The fourth-order valence-corrected chi connectivity index (χ4v) is 4.88. The predicted octanol–water partition coefficient (Wildman–Crippen LogP) is 5.12. The quantitative estimate of drug-likeness (QED) is 0.489. The van der Waals surface area contributed by atoms with E-state index in [0.717, 1.165) is 87.6 Å². The number of hydrogen-bond acceptors (Lipinski definition) is 3. The molecule has 160 valence electrons. The zero-order valence-corrected chi connectivity index (χ0v) is 18.1. The van der Waals surface area contributed by atoms with Gasteiger partial charge in [-0.15, -0.1) is 0 Å². The molecule has 0 unspecified atom stereocenters. The van der Waals surface area contributed by atoms with Gasteiger partial charge >= 0.3 is 0 Å². The van der Waals surface area contributed by atoms with Gasteiger partial charge in [0.05, 0.1) is 5.60 Å². The van der Waals surface area contributed by atoms with Crippen LogP contribution in [-0.4, -0.2) is 45.6 Å². The molecule has 30 heavy (non-hydrogen) atoms. The number of likely N-dealkylation sites (tertiary alicyclic amines) is 1. The summed E-state index contributed by atoms with van der Waals surface area (Å²) < 4.78 is 2.23. The molecule has 4 nitrogen and oxygen atoms in total. The highest BCUT2D eigenvalue weighted by atomic mass is 16.3. The Morgan fingerprint density at radius 3 is 2.60 bits per heavy atom. The zero-order chi connectivity index (χ0) is 21.0. The summed E-state index contributed by atoms with van der Waals surface area (Å²) in [6.07, 6.45) is 15.7. The molecule has 1 N–H and O–H groups in total. The van der Waals surface area contributed by atoms with E-state index < -0.39 is 5.60 Å². The third-order valence-corrected chi connectivity index (χ3v) is 6.68. The van der Waals surface area contributed by atoms with Gasteiger partial charge in [0, 0.05) is 48.7 Å². The number of nitrogens with zero attached hydrogens (tertiary/aromatic N) is 2. The Morgan fingerprint density at radius 2 is 1.87 bits per heavy atom. The van der Waals surface area contributed by atoms with E-state index in [2.05, 4.69) is 33.8 Å². The van der Waals surface area contributed by atoms with E-state index in [1.54, 1.807) is 6.92 Å². The number of fused-ring (bicyclic) bond motifs is 1. The lowest BCUT2D eigenvalue weighted by Gasteiger charge is -2.38. The van der Waals surface area contributed by atoms with E-state index in [1.807, 2.05) is 24.4 Å². The van der Waals surface area contributed by atoms with Crippen molar-refractivity contribution in [3.63, 3.8) is 0 Å². The number of para-hydroxylation sites is 1. The summed E-state index contributed by atoms with van der Waals surface area (Å²) in [6.45, 7) is 5.62. The third-order valence-electron chi connectivity index (χ3n) is 6.68. The minimum atomic E-state index is -0.531. The third kappa shape index (κ3) is 4.93. The summed E-state index contributed by atoms with van der Waals surface area (Å²) in [5, 5.41) is 12.0. The number of benzene rings is 1. The maximum absolute atomic E-state index is 11.9. The Morgan fingerprint density at radius 1 is 1.10 bits per heavy atom. The van der Waals surface area contributed by atoms with Crippen molar-refractivity contribution >= 4 is 16.7 Å². The molecule has 4 heteroatoms. The first-order chi connectivity index (χ1) is 14.5. The van der Waals surface area contributed by atoms with Crippen LogP contribution in [0.5, 0.6) is 0 Å². The van der Waals surface area contributed by atoms with Crippen LogP contribution in [0.15, 0.2) is 54.3 Å². The van der Waals surface area contributed by atoms with Gasteiger partial charge in [0.15, 0.2) is 5.78 Å². The Labute approximate surface area is 179 Å². The largest absolute Gasteiger partial charge is 0.389 e. The number of Topliss-reactive ketones (excluding diaryl/α,β-unsaturated/α-hetero) is 1. The molecule has 1 aromatic heterocycles. The highest BCUT2D eigenvalue weighted by Gasteiger charge is 2.32. The Balaban J connectivity index is 1.23. The number of unbranched alkanes of at least 4 members (excludes halogenated alkanes) is 1. The van der Waals surface area contributed by atoms with E-state index in [0.29, 0.717) is 0 Å². The maximum atomic E-state index is 11.9. The molecule has 1 fully saturated rings. The number of carbonyl (C=O) groups excluding carboxylic acids is 1. The second-order valence-electron chi connectivity index (χ2n) is 9.02. The van der Waals surface area contributed by atoms with Crippen molar-refractivity contribution in [2.45, 2.75) is 64.0 Å². The molecule has 1 aromatic carbocycles. The topological polar surface area (TPSA) is 45.5 Å². The molecule has 2 aromatic rings. The van der Waals surface area contributed by atoms with Crippen LogP contribution in [0.1, 0.15) is 62.2 Å². The highest BCUT2D eigenvalue weighted by molar-refractivity contribution is 6.06. The van der Waals surface area contributed by atoms with Gasteiger partial charge in [-0.25, -0.2) is 0 Å². The van der Waals surface area contributed by atoms with E-state index >= 15 is 0 Å². The van der Waals surface area contributed by atoms with Crippen LogP contribution in [0, 0.1) is 0 Å². The van der Waals surface area contributed by atoms with Crippen molar-refractivity contribution in [3.05, 3.63) is 59.8 Å². The van der Waals surface area contributed by atoms with E-state index in [1.165, 1.54) is 5.57 Å². The molecule has 0 amide bonds. The van der Waals surface area contributed by atoms with Crippen molar-refractivity contribution in [3.8, 4) is 0 Å². The zero-order valence-electron chi connectivity index (χ0n) is 18.1. The molecule has 0 saturated carbocycles. The SMILES string of the molecule is CC(=O)c1cn(CCCCN2CCC(O)(CC3=CCCC=C3)CC2)c2ccccc12. The number of rotatable bonds is 8. The summed E-state index contributed by atoms with van der Waals surface area (Å²) in [7, 11) is 0. The Kier molecular flexibility index (Phi) is 6.55. The van der Waals surface area contributed by atoms with Gasteiger partial charge in [0.25, 0.3) is 0 Å². The average Bonchev–Trinajstić information content (AvgIpc) is 3.12. The lowest BCUT2D eigenvalue weighted by molar-refractivity contribution is -0.0202. The van der Waals surface area contributed by atoms with Crippen LogP contribution < -0.4 is 0 Å². The average molecular weight is 407 g/mol. The van der Waals surface area contributed by atoms with Crippen LogP contribution in [0.2, 0.25) is 0 Å². The van der Waals surface area contributed by atoms with Crippen LogP contribution >= 0.6 is 0 Å². The van der Waals surface area contributed by atoms with Gasteiger partial charge in [-0.2, -0.15) is 0 Å². The number of aliphatic hydroxyl groups is 1. The molecule has 4 rings (SSSR count). The molecule has 0 bridgehead atoms. The molecule has 1 aliphatic carbocycles. The lowest BCUT2D eigenvalue weighted by Crippen LogP contribution is -2.44. The molecular weight excluding hydrogens is 372 g/mol. The molecule has 2 heterocycles. The van der Waals surface area contributed by atoms with Crippen LogP contribution in [0.25, 0.3) is 10.9 Å². The summed E-state index contributed by atoms with van der Waals surface area (Å²) in [5.41, 5.74) is 2.75. The van der Waals surface area contributed by atoms with E-state index in [9.17, 15) is 9.90 Å². The molecule has 2 aliphatic rings. The molecule has 1 saturated heterocycles. The molecule has 1 aliphatic heterocycles. The van der Waals surface area contributed by atoms with Gasteiger partial charge < -0.3 is 14.6 Å². The monoisotopic (exact) mass is 406 g/mol. The van der Waals surface area contributed by atoms with Crippen molar-refractivity contribution in [1.29, 1.82) is 0 Å². The summed E-state index contributed by atoms with van der Waals surface area (Å²) >= 11 is 0. The van der Waals surface area contributed by atoms with E-state index in [4.69, 9.17) is 0 Å². The van der Waals surface area contributed by atoms with Gasteiger partial charge in [-0.1, -0.05) is 36.4 Å². The fourth-order valence-electron chi connectivity index (χ4n) is 4.88. The van der Waals surface area contributed by atoms with E-state index in [-0.39, 0.29) is 5.78 Å². The molecule has 0 spiro atoms. The van der Waals surface area contributed by atoms with Gasteiger partial charge in [-0.05, 0) is 63.6 Å². The number of allylic oxidation sites excluding steroid dienone is 3. The molecule has 0 radical (unpaired) electrons. The second-order valence-corrected chi connectivity index (χ2v) is 9.02. The molecular formula is C26H34N2O2. The Hall–Kier alpha value is -2.17. The first kappa shape index (κ1) is 21.1. The minimum absolute atomic E-state index is 0.130. The fraction of sp³-hybridized carbons (Fsp3) is 0.500. The molecule has 0 atom stereocenters. The van der Waals surface area contributed by atoms with Crippen molar-refractivity contribution in [2.75, 3.05) is 19.6 Å². The normalized spacial score (nSPS) is 19.2. The number of aryl methyl sites for hydroxylation is 1. The first-order valence-electron chi connectivity index (χ1n) is 11.4. The van der Waals surface area contributed by atoms with Crippen LogP contribution in [-0.2, 0) is 6.54 Å². The maximum Gasteiger partial charge on any atom is 0.161 e. The lowest BCUT2D eigenvalue weighted by atomic mass is 9.84. The highest BCUT2D eigenvalue weighted by Crippen LogP contribution is 2.31. The van der Waals surface area contributed by atoms with Crippen molar-refractivity contribution in [2.24, 2.45) is 0 Å². The summed E-state index contributed by atoms with van der Waals surface area (Å²) in [6, 6.07) is 8.18. The number of carbonyl (C=O) groups is 1. The van der Waals surface area contributed by atoms with Gasteiger partial charge in [0.2, 0.25) is 0 Å². The van der Waals surface area contributed by atoms with Gasteiger partial charge in [0.1, 0.15) is 0 Å². The summed E-state index contributed by atoms with van der Waals surface area (Å²) in [4.78, 5) is 14.4. The smallest absolute Gasteiger partial charge is 0.161 e. The number of piperidine rings is 1. The number of hydrogen-bond donors (Lipinski definition) is 1.